The number of rotatable bonds is 3. The molecule has 1 aliphatic carbocycles. The van der Waals surface area contributed by atoms with Crippen molar-refractivity contribution in [3.05, 3.63) is 23.8 Å². The Labute approximate surface area is 98.0 Å². The second-order valence-corrected chi connectivity index (χ2v) is 4.44. The number of halogens is 2. The summed E-state index contributed by atoms with van der Waals surface area (Å²) in [6.45, 7) is 1.78. The largest absolute Gasteiger partial charge is 0.397 e. The van der Waals surface area contributed by atoms with Crippen LogP contribution in [0.2, 0.25) is 0 Å². The number of hydrogen-bond acceptors (Lipinski definition) is 2. The van der Waals surface area contributed by atoms with Gasteiger partial charge < -0.3 is 11.1 Å². The Morgan fingerprint density at radius 2 is 2.12 bits per heavy atom. The van der Waals surface area contributed by atoms with Gasteiger partial charge in [-0.3, -0.25) is 4.79 Å². The van der Waals surface area contributed by atoms with Gasteiger partial charge in [-0.25, -0.2) is 8.78 Å². The third kappa shape index (κ3) is 2.38. The second-order valence-electron chi connectivity index (χ2n) is 4.44. The molecule has 92 valence electrons. The topological polar surface area (TPSA) is 55.1 Å². The zero-order chi connectivity index (χ0) is 12.6. The van der Waals surface area contributed by atoms with Crippen molar-refractivity contribution < 1.29 is 13.6 Å². The van der Waals surface area contributed by atoms with Gasteiger partial charge in [0, 0.05) is 5.92 Å². The fourth-order valence-electron chi connectivity index (χ4n) is 1.74. The van der Waals surface area contributed by atoms with E-state index in [0.717, 1.165) is 18.9 Å². The lowest BCUT2D eigenvalue weighted by atomic mass is 10.1. The highest BCUT2D eigenvalue weighted by Crippen LogP contribution is 2.37. The first-order chi connectivity index (χ1) is 8.00. The number of anilines is 2. The maximum absolute atomic E-state index is 13.4. The molecule has 1 saturated carbocycles. The fourth-order valence-corrected chi connectivity index (χ4v) is 1.74. The summed E-state index contributed by atoms with van der Waals surface area (Å²) >= 11 is 0. The Morgan fingerprint density at radius 1 is 1.47 bits per heavy atom. The summed E-state index contributed by atoms with van der Waals surface area (Å²) in [5, 5.41) is 2.36. The summed E-state index contributed by atoms with van der Waals surface area (Å²) in [4.78, 5) is 11.8. The van der Waals surface area contributed by atoms with Crippen molar-refractivity contribution in [1.29, 1.82) is 0 Å². The van der Waals surface area contributed by atoms with Crippen LogP contribution in [0.5, 0.6) is 0 Å². The highest BCUT2D eigenvalue weighted by Gasteiger charge is 2.33. The van der Waals surface area contributed by atoms with Gasteiger partial charge >= 0.3 is 0 Å². The molecule has 1 fully saturated rings. The lowest BCUT2D eigenvalue weighted by molar-refractivity contribution is -0.119. The number of benzene rings is 1. The molecule has 1 atom stereocenters. The predicted octanol–water partition coefficient (Wildman–Crippen LogP) is 2.53. The first kappa shape index (κ1) is 11.8. The number of carbonyl (C=O) groups is 1. The summed E-state index contributed by atoms with van der Waals surface area (Å²) in [6.07, 6.45) is 2.02. The maximum atomic E-state index is 13.4. The van der Waals surface area contributed by atoms with Crippen LogP contribution in [0, 0.1) is 23.5 Å². The van der Waals surface area contributed by atoms with E-state index in [1.54, 1.807) is 6.92 Å². The van der Waals surface area contributed by atoms with E-state index in [-0.39, 0.29) is 23.2 Å². The first-order valence-electron chi connectivity index (χ1n) is 5.55. The van der Waals surface area contributed by atoms with Crippen LogP contribution in [-0.4, -0.2) is 5.91 Å². The van der Waals surface area contributed by atoms with Gasteiger partial charge in [0.25, 0.3) is 0 Å². The number of hydrogen-bond donors (Lipinski definition) is 2. The van der Waals surface area contributed by atoms with Crippen molar-refractivity contribution in [2.45, 2.75) is 19.8 Å². The van der Waals surface area contributed by atoms with Crippen LogP contribution < -0.4 is 11.1 Å². The zero-order valence-corrected chi connectivity index (χ0v) is 9.47. The van der Waals surface area contributed by atoms with Gasteiger partial charge in [0.05, 0.1) is 5.69 Å². The van der Waals surface area contributed by atoms with Crippen molar-refractivity contribution in [2.75, 3.05) is 11.1 Å². The van der Waals surface area contributed by atoms with E-state index in [9.17, 15) is 13.6 Å². The average molecular weight is 240 g/mol. The third-order valence-electron chi connectivity index (χ3n) is 3.12. The first-order valence-corrected chi connectivity index (χ1v) is 5.55. The minimum Gasteiger partial charge on any atom is -0.397 e. The van der Waals surface area contributed by atoms with Gasteiger partial charge in [-0.15, -0.1) is 0 Å². The number of carbonyl (C=O) groups excluding carboxylic acids is 1. The van der Waals surface area contributed by atoms with Crippen LogP contribution in [-0.2, 0) is 4.79 Å². The second kappa shape index (κ2) is 4.31. The molecule has 0 aromatic heterocycles. The van der Waals surface area contributed by atoms with E-state index in [4.69, 9.17) is 5.73 Å². The van der Waals surface area contributed by atoms with Crippen LogP contribution in [0.15, 0.2) is 12.1 Å². The zero-order valence-electron chi connectivity index (χ0n) is 9.47. The molecule has 0 aliphatic heterocycles. The van der Waals surface area contributed by atoms with E-state index in [0.29, 0.717) is 5.92 Å². The fraction of sp³-hybridized carbons (Fsp3) is 0.417. The molecule has 3 nitrogen and oxygen atoms in total. The normalized spacial score (nSPS) is 16.6. The maximum Gasteiger partial charge on any atom is 0.227 e. The van der Waals surface area contributed by atoms with Gasteiger partial charge in [-0.2, -0.15) is 0 Å². The summed E-state index contributed by atoms with van der Waals surface area (Å²) in [5.41, 5.74) is 5.28. The number of amides is 1. The Morgan fingerprint density at radius 3 is 2.71 bits per heavy atom. The molecule has 17 heavy (non-hydrogen) atoms. The minimum absolute atomic E-state index is 0.0280. The predicted molar refractivity (Wildman–Crippen MR) is 61.3 cm³/mol. The third-order valence-corrected chi connectivity index (χ3v) is 3.12. The van der Waals surface area contributed by atoms with E-state index >= 15 is 0 Å². The number of nitrogen functional groups attached to an aromatic ring is 1. The van der Waals surface area contributed by atoms with E-state index in [2.05, 4.69) is 5.32 Å². The summed E-state index contributed by atoms with van der Waals surface area (Å²) in [5.74, 6) is -2.29. The molecule has 1 amide bonds. The Balaban J connectivity index is 2.17. The van der Waals surface area contributed by atoms with Gasteiger partial charge in [0.1, 0.15) is 5.69 Å². The summed E-state index contributed by atoms with van der Waals surface area (Å²) in [6, 6.07) is 2.17. The number of nitrogens with one attached hydrogen (secondary N) is 1. The van der Waals surface area contributed by atoms with Crippen molar-refractivity contribution in [2.24, 2.45) is 11.8 Å². The van der Waals surface area contributed by atoms with Crippen LogP contribution in [0.1, 0.15) is 19.8 Å². The van der Waals surface area contributed by atoms with E-state index in [1.165, 1.54) is 6.07 Å². The molecule has 1 unspecified atom stereocenters. The summed E-state index contributed by atoms with van der Waals surface area (Å²) in [7, 11) is 0. The van der Waals surface area contributed by atoms with Crippen molar-refractivity contribution in [3.63, 3.8) is 0 Å². The van der Waals surface area contributed by atoms with Gasteiger partial charge in [-0.05, 0) is 30.9 Å². The Bertz CT molecular complexity index is 458. The summed E-state index contributed by atoms with van der Waals surface area (Å²) < 4.78 is 26.4. The molecule has 2 rings (SSSR count). The monoisotopic (exact) mass is 240 g/mol. The SMILES string of the molecule is CC(C(=O)Nc1c(N)ccc(F)c1F)C1CC1. The van der Waals surface area contributed by atoms with Gasteiger partial charge in [0.15, 0.2) is 11.6 Å². The lowest BCUT2D eigenvalue weighted by Crippen LogP contribution is -2.23. The van der Waals surface area contributed by atoms with Crippen molar-refractivity contribution in [1.82, 2.24) is 0 Å². The molecule has 5 heteroatoms. The molecular weight excluding hydrogens is 226 g/mol. The molecule has 3 N–H and O–H groups in total. The molecule has 0 radical (unpaired) electrons. The molecule has 0 spiro atoms. The van der Waals surface area contributed by atoms with Crippen LogP contribution in [0.25, 0.3) is 0 Å². The minimum atomic E-state index is -1.11. The molecule has 0 bridgehead atoms. The highest BCUT2D eigenvalue weighted by molar-refractivity contribution is 5.95. The van der Waals surface area contributed by atoms with Crippen molar-refractivity contribution in [3.8, 4) is 0 Å². The average Bonchev–Trinajstić information content (AvgIpc) is 3.12. The molecule has 0 heterocycles. The Hall–Kier alpha value is -1.65. The van der Waals surface area contributed by atoms with Crippen molar-refractivity contribution >= 4 is 17.3 Å². The Kier molecular flexibility index (Phi) is 3.00. The highest BCUT2D eigenvalue weighted by atomic mass is 19.2. The molecule has 1 aliphatic rings. The van der Waals surface area contributed by atoms with Crippen LogP contribution >= 0.6 is 0 Å². The molecule has 1 aromatic carbocycles. The van der Waals surface area contributed by atoms with Crippen LogP contribution in [0.3, 0.4) is 0 Å². The van der Waals surface area contributed by atoms with Gasteiger partial charge in [0.2, 0.25) is 5.91 Å². The van der Waals surface area contributed by atoms with Crippen LogP contribution in [0.4, 0.5) is 20.2 Å². The van der Waals surface area contributed by atoms with Gasteiger partial charge in [-0.1, -0.05) is 6.92 Å². The van der Waals surface area contributed by atoms with E-state index in [1.807, 2.05) is 0 Å². The van der Waals surface area contributed by atoms with E-state index < -0.39 is 11.6 Å². The standard InChI is InChI=1S/C12H14F2N2O/c1-6(7-2-3-7)12(17)16-11-9(15)5-4-8(13)10(11)14/h4-7H,2-3,15H2,1H3,(H,16,17). The smallest absolute Gasteiger partial charge is 0.227 e. The number of nitrogens with two attached hydrogens (primary N) is 1. The molecule has 0 saturated heterocycles. The molecule has 1 aromatic rings. The molecular formula is C12H14F2N2O. The lowest BCUT2D eigenvalue weighted by Gasteiger charge is -2.13. The quantitative estimate of drug-likeness (QED) is 0.798.